The van der Waals surface area contributed by atoms with Gasteiger partial charge < -0.3 is 5.11 Å². The van der Waals surface area contributed by atoms with Crippen molar-refractivity contribution in [3.8, 4) is 0 Å². The first-order valence-corrected chi connectivity index (χ1v) is 5.17. The predicted octanol–water partition coefficient (Wildman–Crippen LogP) is 1.46. The van der Waals surface area contributed by atoms with Crippen LogP contribution < -0.4 is 0 Å². The summed E-state index contributed by atoms with van der Waals surface area (Å²) in [5.74, 6) is -0.833. The third-order valence-corrected chi connectivity index (χ3v) is 0. The van der Waals surface area contributed by atoms with E-state index < -0.39 is 5.97 Å². The number of carboxylic acid groups (broad SMARTS) is 1. The number of rotatable bonds is 0. The second kappa shape index (κ2) is 15.8. The molecule has 0 unspecified atom stereocenters. The van der Waals surface area contributed by atoms with Crippen LogP contribution in [0.3, 0.4) is 0 Å². The molecule has 0 aromatic carbocycles. The second-order valence-corrected chi connectivity index (χ2v) is 2.92. The Kier molecular flexibility index (Phi) is 31.9. The summed E-state index contributed by atoms with van der Waals surface area (Å²) in [5.41, 5.74) is 0. The molecule has 0 rings (SSSR count). The summed E-state index contributed by atoms with van der Waals surface area (Å²) < 4.78 is 0. The quantitative estimate of drug-likeness (QED) is 0.676. The van der Waals surface area contributed by atoms with Crippen LogP contribution in [0.25, 0.3) is 0 Å². The van der Waals surface area contributed by atoms with Crippen molar-refractivity contribution >= 4 is 25.0 Å². The van der Waals surface area contributed by atoms with Crippen molar-refractivity contribution in [2.45, 2.75) is 6.92 Å². The Morgan fingerprint density at radius 1 is 1.62 bits per heavy atom. The average Bonchev–Trinajstić information content (AvgIpc) is 1.33. The zero-order chi connectivity index (χ0) is 6.28. The minimum Gasteiger partial charge on any atom is 0 e. The molecule has 0 saturated heterocycles. The summed E-state index contributed by atoms with van der Waals surface area (Å²) in [5, 5.41) is 7.42. The summed E-state index contributed by atoms with van der Waals surface area (Å²) in [6.07, 6.45) is 0. The minimum atomic E-state index is -0.833. The van der Waals surface area contributed by atoms with Gasteiger partial charge in [0, 0.05) is 27.3 Å². The largest absolute Gasteiger partial charge is 0 e. The summed E-state index contributed by atoms with van der Waals surface area (Å²) in [4.78, 5) is 9.00. The molecule has 0 fully saturated rings. The van der Waals surface area contributed by atoms with Gasteiger partial charge in [-0.2, -0.15) is 0 Å². The normalized spacial score (nSPS) is 5.88. The molecule has 6 heteroatoms. The number of hydrogen-bond donors (Lipinski definition) is 1. The van der Waals surface area contributed by atoms with Gasteiger partial charge >= 0.3 is 35.0 Å². The van der Waals surface area contributed by atoms with Gasteiger partial charge in [0.05, 0.1) is 0 Å². The third-order valence-electron chi connectivity index (χ3n) is 0. The molecule has 0 aliphatic carbocycles. The van der Waals surface area contributed by atoms with Crippen LogP contribution in [0.1, 0.15) is 6.92 Å². The predicted molar refractivity (Wildman–Crippen MR) is 25.0 cm³/mol. The molecular formula is C2H4Cl2O2Pd2. The maximum Gasteiger partial charge on any atom is 0 e. The monoisotopic (exact) mass is 342 g/mol. The first kappa shape index (κ1) is 16.2. The average molecular weight is 344 g/mol. The van der Waals surface area contributed by atoms with E-state index in [2.05, 4.69) is 0 Å². The molecule has 0 saturated carbocycles. The van der Waals surface area contributed by atoms with Crippen LogP contribution in [0.5, 0.6) is 0 Å². The molecular weight excluding hydrogens is 340 g/mol. The van der Waals surface area contributed by atoms with Crippen LogP contribution in [0.4, 0.5) is 0 Å². The van der Waals surface area contributed by atoms with Crippen molar-refractivity contribution in [2.75, 3.05) is 0 Å². The molecule has 2 nitrogen and oxygen atoms in total. The van der Waals surface area contributed by atoms with Gasteiger partial charge in [0.2, 0.25) is 0 Å². The van der Waals surface area contributed by atoms with Gasteiger partial charge in [0.25, 0.3) is 5.97 Å². The molecule has 0 aliphatic rings. The molecule has 58 valence electrons. The fourth-order valence-corrected chi connectivity index (χ4v) is 0. The molecule has 0 heterocycles. The number of carboxylic acids is 1. The van der Waals surface area contributed by atoms with Crippen LogP contribution in [0, 0.1) is 0 Å². The third kappa shape index (κ3) is 159. The van der Waals surface area contributed by atoms with Crippen molar-refractivity contribution < 1.29 is 46.3 Å². The van der Waals surface area contributed by atoms with E-state index in [1.807, 2.05) is 0 Å². The molecule has 0 aliphatic heterocycles. The maximum absolute atomic E-state index is 9.00. The summed E-state index contributed by atoms with van der Waals surface area (Å²) >= 11 is -0.106. The molecule has 1 N–H and O–H groups in total. The smallest absolute Gasteiger partial charge is 0 e. The fourth-order valence-electron chi connectivity index (χ4n) is 0. The van der Waals surface area contributed by atoms with Crippen molar-refractivity contribution in [2.24, 2.45) is 0 Å². The van der Waals surface area contributed by atoms with E-state index in [1.54, 1.807) is 0 Å². The molecule has 0 aromatic rings. The Morgan fingerprint density at radius 2 is 1.62 bits per heavy atom. The first-order valence-electron chi connectivity index (χ1n) is 1.17. The van der Waals surface area contributed by atoms with Crippen molar-refractivity contribution in [1.82, 2.24) is 0 Å². The van der Waals surface area contributed by atoms with Crippen molar-refractivity contribution in [3.63, 3.8) is 0 Å². The standard InChI is InChI=1S/C2H4O2.2ClH.2Pd/c1-2(3)4;;;;/h1H3,(H,3,4);2*1H;;/q;;;;+2/p-2. The number of carbonyl (C=O) groups is 1. The van der Waals surface area contributed by atoms with Gasteiger partial charge in [0.1, 0.15) is 0 Å². The van der Waals surface area contributed by atoms with E-state index in [0.29, 0.717) is 0 Å². The SMILES string of the molecule is CC(=O)O.[Cl][Pd][Cl].[Pd]. The van der Waals surface area contributed by atoms with Gasteiger partial charge in [-0.15, -0.1) is 0 Å². The van der Waals surface area contributed by atoms with E-state index in [1.165, 1.54) is 0 Å². The van der Waals surface area contributed by atoms with Crippen LogP contribution >= 0.6 is 19.1 Å². The first-order chi connectivity index (χ1) is 3.15. The molecule has 0 bridgehead atoms. The van der Waals surface area contributed by atoms with Gasteiger partial charge in [-0.25, -0.2) is 0 Å². The molecule has 0 aromatic heterocycles. The Hall–Kier alpha value is 1.37. The fraction of sp³-hybridized carbons (Fsp3) is 0.500. The van der Waals surface area contributed by atoms with Crippen molar-refractivity contribution in [3.05, 3.63) is 0 Å². The second-order valence-electron chi connectivity index (χ2n) is 0.564. The van der Waals surface area contributed by atoms with Crippen LogP contribution in [-0.4, -0.2) is 11.1 Å². The minimum absolute atomic E-state index is 0. The van der Waals surface area contributed by atoms with Gasteiger partial charge in [-0.05, 0) is 0 Å². The van der Waals surface area contributed by atoms with Gasteiger partial charge in [-0.1, -0.05) is 0 Å². The molecule has 0 radical (unpaired) electrons. The molecule has 0 spiro atoms. The summed E-state index contributed by atoms with van der Waals surface area (Å²) in [6, 6.07) is 0. The van der Waals surface area contributed by atoms with Crippen LogP contribution in [0.2, 0.25) is 0 Å². The molecule has 0 amide bonds. The van der Waals surface area contributed by atoms with E-state index in [9.17, 15) is 0 Å². The zero-order valence-electron chi connectivity index (χ0n) is 3.74. The maximum atomic E-state index is 9.00. The summed E-state index contributed by atoms with van der Waals surface area (Å²) in [7, 11) is 9.63. The number of aliphatic carboxylic acids is 1. The van der Waals surface area contributed by atoms with Crippen LogP contribution in [-0.2, 0) is 41.2 Å². The molecule has 0 atom stereocenters. The van der Waals surface area contributed by atoms with Crippen LogP contribution in [0.15, 0.2) is 0 Å². The zero-order valence-corrected chi connectivity index (χ0v) is 8.36. The van der Waals surface area contributed by atoms with E-state index in [0.717, 1.165) is 6.92 Å². The Labute approximate surface area is 77.7 Å². The van der Waals surface area contributed by atoms with E-state index >= 15 is 0 Å². The van der Waals surface area contributed by atoms with Gasteiger partial charge in [-0.3, -0.25) is 4.79 Å². The van der Waals surface area contributed by atoms with E-state index in [-0.39, 0.29) is 36.4 Å². The number of halogens is 2. The summed E-state index contributed by atoms with van der Waals surface area (Å²) in [6.45, 7) is 1.08. The Morgan fingerprint density at radius 3 is 1.62 bits per heavy atom. The molecule has 8 heavy (non-hydrogen) atoms. The Balaban J connectivity index is -0.0000000575. The van der Waals surface area contributed by atoms with E-state index in [4.69, 9.17) is 29.0 Å². The topological polar surface area (TPSA) is 37.3 Å². The number of hydrogen-bond acceptors (Lipinski definition) is 1. The Bertz CT molecular complexity index is 47.3. The van der Waals surface area contributed by atoms with Gasteiger partial charge in [0.15, 0.2) is 0 Å². The van der Waals surface area contributed by atoms with Crippen molar-refractivity contribution in [1.29, 1.82) is 0 Å².